The van der Waals surface area contributed by atoms with Crippen LogP contribution in [0.15, 0.2) is 29.2 Å². The van der Waals surface area contributed by atoms with Crippen LogP contribution >= 0.6 is 0 Å². The van der Waals surface area contributed by atoms with Crippen molar-refractivity contribution < 1.29 is 22.7 Å². The van der Waals surface area contributed by atoms with Gasteiger partial charge in [0.05, 0.1) is 12.0 Å². The first-order valence-electron chi connectivity index (χ1n) is 9.42. The van der Waals surface area contributed by atoms with Crippen LogP contribution in [-0.2, 0) is 19.6 Å². The van der Waals surface area contributed by atoms with Gasteiger partial charge in [-0.3, -0.25) is 9.59 Å². The van der Waals surface area contributed by atoms with Gasteiger partial charge in [-0.2, -0.15) is 4.31 Å². The van der Waals surface area contributed by atoms with Crippen molar-refractivity contribution in [3.63, 3.8) is 0 Å². The highest BCUT2D eigenvalue weighted by atomic mass is 32.2. The minimum Gasteiger partial charge on any atom is -0.497 e. The monoisotopic (exact) mass is 409 g/mol. The van der Waals surface area contributed by atoms with E-state index >= 15 is 0 Å². The molecule has 2 amide bonds. The Morgan fingerprint density at radius 3 is 2.32 bits per heavy atom. The number of amides is 2. The third-order valence-electron chi connectivity index (χ3n) is 5.62. The highest BCUT2D eigenvalue weighted by Crippen LogP contribution is 2.28. The van der Waals surface area contributed by atoms with Gasteiger partial charge in [0.1, 0.15) is 11.3 Å². The zero-order chi connectivity index (χ0) is 20.5. The first-order chi connectivity index (χ1) is 13.2. The van der Waals surface area contributed by atoms with E-state index in [0.29, 0.717) is 31.7 Å². The molecule has 3 rings (SSSR count). The van der Waals surface area contributed by atoms with Gasteiger partial charge in [-0.1, -0.05) is 0 Å². The normalized spacial score (nSPS) is 21.2. The second kappa shape index (κ2) is 7.71. The SMILES string of the molecule is COc1ccc(S(=O)(=O)N2CCC(C(=O)N3CCNC(=O)C3(C)C)CC2)cc1. The smallest absolute Gasteiger partial charge is 0.245 e. The molecule has 0 spiro atoms. The summed E-state index contributed by atoms with van der Waals surface area (Å²) in [6.07, 6.45) is 0.894. The molecule has 1 aromatic carbocycles. The maximum atomic E-state index is 13.0. The molecule has 0 atom stereocenters. The molecule has 0 radical (unpaired) electrons. The van der Waals surface area contributed by atoms with Crippen LogP contribution in [0.3, 0.4) is 0 Å². The summed E-state index contributed by atoms with van der Waals surface area (Å²) in [5.41, 5.74) is -0.887. The molecule has 154 valence electrons. The average Bonchev–Trinajstić information content (AvgIpc) is 2.69. The van der Waals surface area contributed by atoms with E-state index in [0.717, 1.165) is 0 Å². The topological polar surface area (TPSA) is 96.0 Å². The van der Waals surface area contributed by atoms with Gasteiger partial charge >= 0.3 is 0 Å². The van der Waals surface area contributed by atoms with Crippen molar-refractivity contribution in [3.05, 3.63) is 24.3 Å². The Bertz CT molecular complexity index is 843. The lowest BCUT2D eigenvalue weighted by molar-refractivity contribution is -0.152. The number of hydrogen-bond acceptors (Lipinski definition) is 5. The van der Waals surface area contributed by atoms with E-state index in [4.69, 9.17) is 4.74 Å². The summed E-state index contributed by atoms with van der Waals surface area (Å²) in [5.74, 6) is 0.0943. The highest BCUT2D eigenvalue weighted by molar-refractivity contribution is 7.89. The molecule has 0 saturated carbocycles. The fourth-order valence-electron chi connectivity index (χ4n) is 3.75. The van der Waals surface area contributed by atoms with Crippen molar-refractivity contribution in [3.8, 4) is 5.75 Å². The van der Waals surface area contributed by atoms with Crippen LogP contribution in [0.25, 0.3) is 0 Å². The molecule has 2 saturated heterocycles. The first kappa shape index (κ1) is 20.6. The van der Waals surface area contributed by atoms with Crippen LogP contribution < -0.4 is 10.1 Å². The quantitative estimate of drug-likeness (QED) is 0.795. The van der Waals surface area contributed by atoms with E-state index in [9.17, 15) is 18.0 Å². The lowest BCUT2D eigenvalue weighted by Crippen LogP contribution is -2.64. The number of nitrogens with one attached hydrogen (secondary N) is 1. The maximum Gasteiger partial charge on any atom is 0.245 e. The standard InChI is InChI=1S/C19H27N3O5S/c1-19(2)18(24)20-10-13-22(19)17(23)14-8-11-21(12-9-14)28(25,26)16-6-4-15(27-3)5-7-16/h4-7,14H,8-13H2,1-3H3,(H,20,24). The lowest BCUT2D eigenvalue weighted by atomic mass is 9.91. The van der Waals surface area contributed by atoms with Gasteiger partial charge in [-0.05, 0) is 51.0 Å². The third kappa shape index (κ3) is 3.73. The zero-order valence-corrected chi connectivity index (χ0v) is 17.3. The predicted octanol–water partition coefficient (Wildman–Crippen LogP) is 0.833. The minimum absolute atomic E-state index is 0.0682. The van der Waals surface area contributed by atoms with Gasteiger partial charge in [0, 0.05) is 32.1 Å². The first-order valence-corrected chi connectivity index (χ1v) is 10.9. The van der Waals surface area contributed by atoms with Gasteiger partial charge < -0.3 is 15.0 Å². The van der Waals surface area contributed by atoms with Gasteiger partial charge in [0.2, 0.25) is 21.8 Å². The molecule has 1 N–H and O–H groups in total. The summed E-state index contributed by atoms with van der Waals surface area (Å²) in [7, 11) is -2.08. The molecule has 0 aromatic heterocycles. The number of ether oxygens (including phenoxy) is 1. The second-order valence-electron chi connectivity index (χ2n) is 7.66. The van der Waals surface area contributed by atoms with Crippen LogP contribution in [-0.4, -0.2) is 68.3 Å². The lowest BCUT2D eigenvalue weighted by Gasteiger charge is -2.43. The number of piperazine rings is 1. The van der Waals surface area contributed by atoms with E-state index in [-0.39, 0.29) is 35.7 Å². The fraction of sp³-hybridized carbons (Fsp3) is 0.579. The number of hydrogen-bond donors (Lipinski definition) is 1. The number of carbonyl (C=O) groups is 2. The van der Waals surface area contributed by atoms with Crippen LogP contribution in [0.5, 0.6) is 5.75 Å². The Morgan fingerprint density at radius 1 is 1.14 bits per heavy atom. The summed E-state index contributed by atoms with van der Waals surface area (Å²) in [6.45, 7) is 4.96. The number of sulfonamides is 1. The molecule has 1 aromatic rings. The largest absolute Gasteiger partial charge is 0.497 e. The van der Waals surface area contributed by atoms with Crippen molar-refractivity contribution >= 4 is 21.8 Å². The van der Waals surface area contributed by atoms with E-state index in [1.807, 2.05) is 0 Å². The van der Waals surface area contributed by atoms with E-state index in [2.05, 4.69) is 5.32 Å². The molecule has 9 heteroatoms. The molecule has 2 aliphatic heterocycles. The molecule has 28 heavy (non-hydrogen) atoms. The van der Waals surface area contributed by atoms with Crippen LogP contribution in [0.2, 0.25) is 0 Å². The van der Waals surface area contributed by atoms with Crippen molar-refractivity contribution in [2.75, 3.05) is 33.3 Å². The number of piperidine rings is 1. The Hall–Kier alpha value is -2.13. The summed E-state index contributed by atoms with van der Waals surface area (Å²) < 4.78 is 32.2. The van der Waals surface area contributed by atoms with Crippen molar-refractivity contribution in [2.24, 2.45) is 5.92 Å². The summed E-state index contributed by atoms with van der Waals surface area (Å²) in [6, 6.07) is 6.29. The van der Waals surface area contributed by atoms with Gasteiger partial charge in [0.15, 0.2) is 0 Å². The van der Waals surface area contributed by atoms with E-state index in [1.165, 1.54) is 23.5 Å². The second-order valence-corrected chi connectivity index (χ2v) is 9.60. The molecule has 0 aliphatic carbocycles. The van der Waals surface area contributed by atoms with Crippen molar-refractivity contribution in [1.82, 2.24) is 14.5 Å². The number of benzene rings is 1. The maximum absolute atomic E-state index is 13.0. The van der Waals surface area contributed by atoms with Crippen LogP contribution in [0, 0.1) is 5.92 Å². The number of methoxy groups -OCH3 is 1. The molecule has 0 unspecified atom stereocenters. The highest BCUT2D eigenvalue weighted by Gasteiger charge is 2.43. The number of rotatable bonds is 4. The molecule has 0 bridgehead atoms. The van der Waals surface area contributed by atoms with Crippen molar-refractivity contribution in [1.29, 1.82) is 0 Å². The molecule has 2 fully saturated rings. The Kier molecular flexibility index (Phi) is 5.67. The fourth-order valence-corrected chi connectivity index (χ4v) is 5.22. The predicted molar refractivity (Wildman–Crippen MR) is 103 cm³/mol. The molecule has 2 heterocycles. The van der Waals surface area contributed by atoms with E-state index in [1.54, 1.807) is 30.9 Å². The Balaban J connectivity index is 1.66. The Morgan fingerprint density at radius 2 is 1.75 bits per heavy atom. The zero-order valence-electron chi connectivity index (χ0n) is 16.5. The number of nitrogens with zero attached hydrogens (tertiary/aromatic N) is 2. The summed E-state index contributed by atoms with van der Waals surface area (Å²) >= 11 is 0. The summed E-state index contributed by atoms with van der Waals surface area (Å²) in [5, 5.41) is 2.78. The van der Waals surface area contributed by atoms with Gasteiger partial charge in [-0.15, -0.1) is 0 Å². The van der Waals surface area contributed by atoms with Crippen LogP contribution in [0.4, 0.5) is 0 Å². The number of carbonyl (C=O) groups excluding carboxylic acids is 2. The average molecular weight is 410 g/mol. The van der Waals surface area contributed by atoms with Crippen molar-refractivity contribution in [2.45, 2.75) is 37.1 Å². The van der Waals surface area contributed by atoms with E-state index < -0.39 is 15.6 Å². The molecular weight excluding hydrogens is 382 g/mol. The van der Waals surface area contributed by atoms with Gasteiger partial charge in [0.25, 0.3) is 0 Å². The molecule has 2 aliphatic rings. The Labute approximate surface area is 165 Å². The molecule has 8 nitrogen and oxygen atoms in total. The molecular formula is C19H27N3O5S. The van der Waals surface area contributed by atoms with Gasteiger partial charge in [-0.25, -0.2) is 8.42 Å². The minimum atomic E-state index is -3.60. The third-order valence-corrected chi connectivity index (χ3v) is 7.53. The summed E-state index contributed by atoms with van der Waals surface area (Å²) in [4.78, 5) is 26.9. The van der Waals surface area contributed by atoms with Crippen LogP contribution in [0.1, 0.15) is 26.7 Å².